The van der Waals surface area contributed by atoms with Crippen LogP contribution >= 0.6 is 7.60 Å². The van der Waals surface area contributed by atoms with Gasteiger partial charge in [-0.1, -0.05) is 18.2 Å². The standard InChI is InChI=1S/C8H11O3P.4C2H4O2.Al.Li.2H2O/c1-10-12(9,11-2)8-6-4-3-5-7-8;4*1-2(3)4;;;;/h3-7H,1-2H3;4*1H3,(H,3,4);;;2*1H2/q;;;;;+3;+1;;/p-4. The molecule has 0 saturated carbocycles. The van der Waals surface area contributed by atoms with Gasteiger partial charge in [-0.15, -0.1) is 0 Å². The first-order valence-electron chi connectivity index (χ1n) is 7.13. The van der Waals surface area contributed by atoms with Crippen molar-refractivity contribution in [3.8, 4) is 0 Å². The van der Waals surface area contributed by atoms with Gasteiger partial charge in [0.2, 0.25) is 0 Å². The molecule has 178 valence electrons. The van der Waals surface area contributed by atoms with Gasteiger partial charge in [0, 0.05) is 38.1 Å². The molecule has 1 aromatic rings. The molecule has 0 fully saturated rings. The Balaban J connectivity index is -0.0000000411. The molecule has 0 aliphatic heterocycles. The molecule has 1 aromatic carbocycles. The fraction of sp³-hybridized carbons (Fsp3) is 0.375. The minimum absolute atomic E-state index is 0. The molecule has 0 unspecified atom stereocenters. The van der Waals surface area contributed by atoms with Crippen molar-refractivity contribution in [2.75, 3.05) is 14.2 Å². The predicted octanol–water partition coefficient (Wildman–Crippen LogP) is -8.20. The third-order valence-corrected chi connectivity index (χ3v) is 3.45. The molecule has 1 rings (SSSR count). The molecule has 32 heavy (non-hydrogen) atoms. The van der Waals surface area contributed by atoms with Crippen molar-refractivity contribution in [3.05, 3.63) is 30.3 Å². The summed E-state index contributed by atoms with van der Waals surface area (Å²) in [7, 11) is -0.289. The monoisotopic (exact) mass is 492 g/mol. The Kier molecular flexibility index (Phi) is 55.5. The molecule has 0 bridgehead atoms. The van der Waals surface area contributed by atoms with E-state index in [1.165, 1.54) is 14.2 Å². The molecule has 4 N–H and O–H groups in total. The van der Waals surface area contributed by atoms with Crippen LogP contribution < -0.4 is 44.6 Å². The van der Waals surface area contributed by atoms with Crippen molar-refractivity contribution < 1.29 is 83.0 Å². The van der Waals surface area contributed by atoms with E-state index >= 15 is 0 Å². The zero-order valence-corrected chi connectivity index (χ0v) is 21.0. The molecule has 0 aliphatic rings. The number of hydrogen-bond donors (Lipinski definition) is 0. The third-order valence-electron chi connectivity index (χ3n) is 1.55. The summed E-state index contributed by atoms with van der Waals surface area (Å²) in [6.45, 7) is 3.89. The summed E-state index contributed by atoms with van der Waals surface area (Å²) in [6.07, 6.45) is 0. The first-order chi connectivity index (χ1) is 12.7. The third kappa shape index (κ3) is 63.0. The van der Waals surface area contributed by atoms with Crippen LogP contribution in [0.5, 0.6) is 0 Å². The Labute approximate surface area is 209 Å². The summed E-state index contributed by atoms with van der Waals surface area (Å²) in [5, 5.41) is 36.1. The Bertz CT molecular complexity index is 558. The van der Waals surface area contributed by atoms with E-state index in [-0.39, 0.29) is 47.2 Å². The average Bonchev–Trinajstić information content (AvgIpc) is 2.53. The summed E-state index contributed by atoms with van der Waals surface area (Å²) in [6, 6.07) is 8.86. The van der Waals surface area contributed by atoms with Gasteiger partial charge in [-0.05, 0) is 39.8 Å². The second-order valence-electron chi connectivity index (χ2n) is 4.16. The number of aliphatic carboxylic acids is 4. The van der Waals surface area contributed by atoms with Crippen LogP contribution in [0.4, 0.5) is 0 Å². The van der Waals surface area contributed by atoms with Crippen LogP contribution in [0.1, 0.15) is 27.7 Å². The Morgan fingerprint density at radius 1 is 0.688 bits per heavy atom. The molecule has 13 nitrogen and oxygen atoms in total. The van der Waals surface area contributed by atoms with Crippen LogP contribution in [0.15, 0.2) is 30.3 Å². The molecular formula is C16H27AlLiO13P. The topological polar surface area (TPSA) is 259 Å². The molecule has 0 heterocycles. The maximum absolute atomic E-state index is 11.7. The maximum atomic E-state index is 11.7. The van der Waals surface area contributed by atoms with Crippen molar-refractivity contribution in [2.24, 2.45) is 0 Å². The first-order valence-corrected chi connectivity index (χ1v) is 8.67. The normalized spacial score (nSPS) is 7.44. The van der Waals surface area contributed by atoms with Crippen LogP contribution in [0.3, 0.4) is 0 Å². The zero-order valence-electron chi connectivity index (χ0n) is 18.9. The maximum Gasteiger partial charge on any atom is 3.00 e. The van der Waals surface area contributed by atoms with E-state index in [1.807, 2.05) is 6.07 Å². The van der Waals surface area contributed by atoms with Gasteiger partial charge in [0.15, 0.2) is 0 Å². The number of hydrogen-bond acceptors (Lipinski definition) is 11. The zero-order chi connectivity index (χ0) is 23.3. The van der Waals surface area contributed by atoms with Gasteiger partial charge in [-0.2, -0.15) is 0 Å². The summed E-state index contributed by atoms with van der Waals surface area (Å²) < 4.78 is 21.3. The van der Waals surface area contributed by atoms with Gasteiger partial charge in [-0.25, -0.2) is 0 Å². The number of carboxylic acids is 4. The molecule has 0 radical (unpaired) electrons. The smallest absolute Gasteiger partial charge is 0.550 e. The van der Waals surface area contributed by atoms with Crippen molar-refractivity contribution in [1.29, 1.82) is 0 Å². The molecule has 16 heteroatoms. The van der Waals surface area contributed by atoms with Crippen LogP contribution in [0, 0.1) is 0 Å². The molecule has 0 amide bonds. The van der Waals surface area contributed by atoms with E-state index in [4.69, 9.17) is 48.7 Å². The van der Waals surface area contributed by atoms with E-state index in [1.54, 1.807) is 24.3 Å². The van der Waals surface area contributed by atoms with Gasteiger partial charge in [-0.3, -0.25) is 4.57 Å². The van der Waals surface area contributed by atoms with Crippen LogP contribution in [-0.4, -0.2) is 66.4 Å². The summed E-state index contributed by atoms with van der Waals surface area (Å²) in [4.78, 5) is 35.6. The number of carbonyl (C=O) groups is 4. The Morgan fingerprint density at radius 3 is 1.03 bits per heavy atom. The van der Waals surface area contributed by atoms with Gasteiger partial charge < -0.3 is 59.6 Å². The fourth-order valence-electron chi connectivity index (χ4n) is 0.896. The van der Waals surface area contributed by atoms with E-state index in [2.05, 4.69) is 0 Å². The van der Waals surface area contributed by atoms with Crippen LogP contribution in [0.2, 0.25) is 0 Å². The average molecular weight is 492 g/mol. The Morgan fingerprint density at radius 2 is 0.875 bits per heavy atom. The molecule has 0 aliphatic carbocycles. The molecule has 0 saturated heterocycles. The van der Waals surface area contributed by atoms with E-state index < -0.39 is 31.5 Å². The molecule has 0 aromatic heterocycles. The summed E-state index contributed by atoms with van der Waals surface area (Å²) in [5.74, 6) is -4.33. The minimum Gasteiger partial charge on any atom is -0.550 e. The second-order valence-corrected chi connectivity index (χ2v) is 6.41. The number of carbonyl (C=O) groups excluding carboxylic acids is 4. The van der Waals surface area contributed by atoms with Crippen molar-refractivity contribution >= 4 is 54.1 Å². The van der Waals surface area contributed by atoms with Crippen molar-refractivity contribution in [2.45, 2.75) is 27.7 Å². The van der Waals surface area contributed by atoms with E-state index in [9.17, 15) is 4.57 Å². The first kappa shape index (κ1) is 52.3. The van der Waals surface area contributed by atoms with Crippen LogP contribution in [-0.2, 0) is 32.8 Å². The van der Waals surface area contributed by atoms with Crippen molar-refractivity contribution in [1.82, 2.24) is 0 Å². The molecule has 0 spiro atoms. The molecular weight excluding hydrogens is 465 g/mol. The number of benzene rings is 1. The van der Waals surface area contributed by atoms with Gasteiger partial charge in [0.25, 0.3) is 0 Å². The van der Waals surface area contributed by atoms with E-state index in [0.29, 0.717) is 5.30 Å². The minimum atomic E-state index is -3.03. The second kappa shape index (κ2) is 33.9. The number of rotatable bonds is 3. The fourth-order valence-corrected chi connectivity index (χ4v) is 2.00. The van der Waals surface area contributed by atoms with Gasteiger partial charge >= 0.3 is 43.8 Å². The largest absolute Gasteiger partial charge is 3.00 e. The SMILES string of the molecule is CC(=O)[O-].CC(=O)[O-].CC(=O)[O-].CC(=O)[O-].COP(=O)(OC)c1ccccc1.O.O.[Al+3].[Li+]. The van der Waals surface area contributed by atoms with Crippen LogP contribution in [0.25, 0.3) is 0 Å². The summed E-state index contributed by atoms with van der Waals surface area (Å²) in [5.41, 5.74) is 0. The summed E-state index contributed by atoms with van der Waals surface area (Å²) >= 11 is 0. The van der Waals surface area contributed by atoms with Crippen molar-refractivity contribution in [3.63, 3.8) is 0 Å². The predicted molar refractivity (Wildman–Crippen MR) is 103 cm³/mol. The quantitative estimate of drug-likeness (QED) is 0.282. The Hall–Kier alpha value is -1.70. The van der Waals surface area contributed by atoms with E-state index in [0.717, 1.165) is 27.7 Å². The molecule has 0 atom stereocenters. The van der Waals surface area contributed by atoms with Gasteiger partial charge in [0.1, 0.15) is 0 Å². The number of carboxylic acid groups (broad SMARTS) is 4. The van der Waals surface area contributed by atoms with Gasteiger partial charge in [0.05, 0.1) is 5.30 Å².